The van der Waals surface area contributed by atoms with E-state index in [1.54, 1.807) is 7.05 Å². The lowest BCUT2D eigenvalue weighted by Crippen LogP contribution is -2.27. The standard InChI is InChI=1S/C16H17N5O2S/c1-21-8-12(23-20-21)19-15(22)14-13(17)10-7-9-5-3-2-4-6-11(9)18-16(10)24-14/h7-8H,2-6H2,1H3,(H2-,17,19,20,22). The Labute approximate surface area is 142 Å². The van der Waals surface area contributed by atoms with Crippen molar-refractivity contribution in [1.82, 2.24) is 10.3 Å². The van der Waals surface area contributed by atoms with Crippen molar-refractivity contribution in [2.45, 2.75) is 32.1 Å². The zero-order valence-electron chi connectivity index (χ0n) is 13.3. The monoisotopic (exact) mass is 343 g/mol. The maximum Gasteiger partial charge on any atom is 0.320 e. The number of nitrogens with two attached hydrogens (primary N) is 1. The minimum absolute atomic E-state index is 0.156. The Bertz CT molecular complexity index is 943. The number of pyridine rings is 1. The molecule has 0 amide bonds. The van der Waals surface area contributed by atoms with Crippen molar-refractivity contribution in [2.75, 3.05) is 5.73 Å². The molecule has 8 heteroatoms. The number of nitrogen functional groups attached to an aromatic ring is 1. The van der Waals surface area contributed by atoms with Crippen molar-refractivity contribution < 1.29 is 14.3 Å². The van der Waals surface area contributed by atoms with E-state index in [1.165, 1.54) is 40.6 Å². The number of aromatic nitrogens is 3. The summed E-state index contributed by atoms with van der Waals surface area (Å²) in [6.07, 6.45) is 7.11. The van der Waals surface area contributed by atoms with Gasteiger partial charge < -0.3 is 10.8 Å². The van der Waals surface area contributed by atoms with E-state index < -0.39 is 5.90 Å². The molecule has 0 radical (unpaired) electrons. The van der Waals surface area contributed by atoms with E-state index in [-0.39, 0.29) is 5.88 Å². The summed E-state index contributed by atoms with van der Waals surface area (Å²) in [6, 6.07) is 2.10. The molecule has 2 N–H and O–H groups in total. The van der Waals surface area contributed by atoms with Crippen molar-refractivity contribution in [3.8, 4) is 0 Å². The van der Waals surface area contributed by atoms with Crippen LogP contribution in [0.4, 0.5) is 11.6 Å². The predicted octanol–water partition coefficient (Wildman–Crippen LogP) is 1.40. The highest BCUT2D eigenvalue weighted by Crippen LogP contribution is 2.35. The number of anilines is 1. The summed E-state index contributed by atoms with van der Waals surface area (Å²) >= 11 is 1.29. The van der Waals surface area contributed by atoms with Crippen molar-refractivity contribution >= 4 is 39.0 Å². The zero-order chi connectivity index (χ0) is 16.7. The Kier molecular flexibility index (Phi) is 3.68. The highest BCUT2D eigenvalue weighted by atomic mass is 32.1. The summed E-state index contributed by atoms with van der Waals surface area (Å²) in [5, 5.41) is 16.9. The Hall–Kier alpha value is -2.48. The van der Waals surface area contributed by atoms with Gasteiger partial charge in [-0.2, -0.15) is 0 Å². The Morgan fingerprint density at radius 2 is 2.21 bits per heavy atom. The predicted molar refractivity (Wildman–Crippen MR) is 89.2 cm³/mol. The third kappa shape index (κ3) is 2.62. The normalized spacial score (nSPS) is 15.5. The molecule has 7 nitrogen and oxygen atoms in total. The minimum Gasteiger partial charge on any atom is -0.857 e. The lowest BCUT2D eigenvalue weighted by atomic mass is 10.1. The second kappa shape index (κ2) is 5.86. The van der Waals surface area contributed by atoms with Gasteiger partial charge in [0.2, 0.25) is 0 Å². The fourth-order valence-corrected chi connectivity index (χ4v) is 3.99. The van der Waals surface area contributed by atoms with Crippen LogP contribution in [0.3, 0.4) is 0 Å². The summed E-state index contributed by atoms with van der Waals surface area (Å²) in [5.74, 6) is -0.273. The van der Waals surface area contributed by atoms with Crippen LogP contribution in [0.25, 0.3) is 10.2 Å². The second-order valence-corrected chi connectivity index (χ2v) is 6.98. The third-order valence-electron chi connectivity index (χ3n) is 4.22. The third-order valence-corrected chi connectivity index (χ3v) is 5.32. The number of hydrogen-bond acceptors (Lipinski definition) is 7. The molecule has 0 saturated carbocycles. The van der Waals surface area contributed by atoms with Crippen LogP contribution in [-0.4, -0.2) is 16.2 Å². The molecule has 0 aromatic carbocycles. The molecule has 0 fully saturated rings. The van der Waals surface area contributed by atoms with Crippen molar-refractivity contribution in [2.24, 2.45) is 12.0 Å². The van der Waals surface area contributed by atoms with Gasteiger partial charge in [-0.3, -0.25) is 4.52 Å². The van der Waals surface area contributed by atoms with Crippen LogP contribution in [0.5, 0.6) is 0 Å². The first kappa shape index (κ1) is 15.1. The van der Waals surface area contributed by atoms with E-state index in [0.717, 1.165) is 35.2 Å². The Morgan fingerprint density at radius 3 is 3.00 bits per heavy atom. The smallest absolute Gasteiger partial charge is 0.320 e. The number of hydrogen-bond donors (Lipinski definition) is 1. The average molecular weight is 343 g/mol. The first-order valence-electron chi connectivity index (χ1n) is 7.91. The van der Waals surface area contributed by atoms with E-state index in [0.29, 0.717) is 10.6 Å². The van der Waals surface area contributed by atoms with Crippen LogP contribution in [0.2, 0.25) is 0 Å². The molecule has 4 rings (SSSR count). The zero-order valence-corrected chi connectivity index (χ0v) is 14.1. The van der Waals surface area contributed by atoms with Crippen molar-refractivity contribution in [3.63, 3.8) is 0 Å². The van der Waals surface area contributed by atoms with Gasteiger partial charge in [0.05, 0.1) is 10.6 Å². The number of fused-ring (bicyclic) bond motifs is 2. The minimum atomic E-state index is -0.428. The van der Waals surface area contributed by atoms with Gasteiger partial charge in [-0.05, 0) is 37.3 Å². The lowest BCUT2D eigenvalue weighted by Gasteiger charge is -2.07. The van der Waals surface area contributed by atoms with Gasteiger partial charge >= 0.3 is 5.88 Å². The highest BCUT2D eigenvalue weighted by Gasteiger charge is 2.17. The summed E-state index contributed by atoms with van der Waals surface area (Å²) in [6.45, 7) is 0. The fourth-order valence-electron chi connectivity index (χ4n) is 3.01. The van der Waals surface area contributed by atoms with Gasteiger partial charge in [-0.1, -0.05) is 11.1 Å². The largest absolute Gasteiger partial charge is 0.857 e. The van der Waals surface area contributed by atoms with E-state index >= 15 is 0 Å². The molecule has 0 saturated heterocycles. The van der Waals surface area contributed by atoms with Crippen LogP contribution >= 0.6 is 11.3 Å². The fraction of sp³-hybridized carbons (Fsp3) is 0.375. The van der Waals surface area contributed by atoms with Crippen LogP contribution < -0.4 is 15.5 Å². The molecule has 0 aliphatic heterocycles. The molecule has 0 bridgehead atoms. The first-order chi connectivity index (χ1) is 11.6. The molecule has 0 spiro atoms. The topological polar surface area (TPSA) is 104 Å². The van der Waals surface area contributed by atoms with Crippen molar-refractivity contribution in [3.05, 3.63) is 28.4 Å². The molecular formula is C16H17N5O2S. The maximum absolute atomic E-state index is 12.4. The van der Waals surface area contributed by atoms with Gasteiger partial charge in [-0.25, -0.2) is 9.98 Å². The summed E-state index contributed by atoms with van der Waals surface area (Å²) in [5.41, 5.74) is 9.05. The average Bonchev–Trinajstić information content (AvgIpc) is 3.01. The quantitative estimate of drug-likeness (QED) is 0.328. The van der Waals surface area contributed by atoms with Gasteiger partial charge in [0, 0.05) is 17.0 Å². The second-order valence-electron chi connectivity index (χ2n) is 5.98. The molecule has 1 aliphatic rings. The molecule has 3 aromatic heterocycles. The molecule has 1 aliphatic carbocycles. The highest BCUT2D eigenvalue weighted by molar-refractivity contribution is 7.21. The van der Waals surface area contributed by atoms with Gasteiger partial charge in [-0.15, -0.1) is 11.3 Å². The van der Waals surface area contributed by atoms with Crippen LogP contribution in [0.15, 0.2) is 21.8 Å². The van der Waals surface area contributed by atoms with Crippen LogP contribution in [0.1, 0.15) is 35.4 Å². The molecule has 124 valence electrons. The van der Waals surface area contributed by atoms with Gasteiger partial charge in [0.15, 0.2) is 12.3 Å². The molecular weight excluding hydrogens is 326 g/mol. The van der Waals surface area contributed by atoms with E-state index in [4.69, 9.17) is 15.2 Å². The number of rotatable bonds is 2. The lowest BCUT2D eigenvalue weighted by molar-refractivity contribution is -0.739. The molecule has 24 heavy (non-hydrogen) atoms. The number of aliphatic imine (C=N–C) groups is 1. The first-order valence-corrected chi connectivity index (χ1v) is 8.73. The number of thiophene rings is 1. The summed E-state index contributed by atoms with van der Waals surface area (Å²) in [7, 11) is 1.69. The molecule has 3 heterocycles. The maximum atomic E-state index is 12.4. The van der Waals surface area contributed by atoms with E-state index in [2.05, 4.69) is 16.3 Å². The summed E-state index contributed by atoms with van der Waals surface area (Å²) < 4.78 is 6.38. The summed E-state index contributed by atoms with van der Waals surface area (Å²) in [4.78, 5) is 9.89. The van der Waals surface area contributed by atoms with Gasteiger partial charge in [0.25, 0.3) is 6.20 Å². The Balaban J connectivity index is 1.79. The Morgan fingerprint density at radius 1 is 1.38 bits per heavy atom. The van der Waals surface area contributed by atoms with Crippen molar-refractivity contribution in [1.29, 1.82) is 0 Å². The molecule has 3 aromatic rings. The van der Waals surface area contributed by atoms with Crippen LogP contribution in [-0.2, 0) is 19.9 Å². The van der Waals surface area contributed by atoms with Crippen LogP contribution in [0, 0.1) is 0 Å². The van der Waals surface area contributed by atoms with Gasteiger partial charge in [0.1, 0.15) is 4.83 Å². The number of nitrogens with zero attached hydrogens (tertiary/aromatic N) is 4. The molecule has 0 unspecified atom stereocenters. The SMILES string of the molecule is C[n+]1cc(/N=C(\[O-])c2sc3nc4c(cc3c2N)CCCCC4)on1. The number of aryl methyl sites for hydroxylation is 3. The van der Waals surface area contributed by atoms with E-state index in [9.17, 15) is 5.11 Å². The van der Waals surface area contributed by atoms with E-state index in [1.807, 2.05) is 0 Å². The molecule has 0 atom stereocenters.